The first-order chi connectivity index (χ1) is 9.97. The molecule has 106 valence electrons. The second kappa shape index (κ2) is 6.32. The van der Waals surface area contributed by atoms with Gasteiger partial charge in [-0.05, 0) is 29.8 Å². The Balaban J connectivity index is 2.23. The molecule has 21 heavy (non-hydrogen) atoms. The first-order valence-corrected chi connectivity index (χ1v) is 6.72. The van der Waals surface area contributed by atoms with Gasteiger partial charge in [-0.3, -0.25) is 14.9 Å². The normalized spacial score (nSPS) is 10.7. The summed E-state index contributed by atoms with van der Waals surface area (Å²) in [6, 6.07) is 10.8. The van der Waals surface area contributed by atoms with Gasteiger partial charge in [0, 0.05) is 16.1 Å². The molecule has 0 aliphatic heterocycles. The molecule has 0 aromatic heterocycles. The number of rotatable bonds is 4. The predicted octanol–water partition coefficient (Wildman–Crippen LogP) is 3.96. The number of aromatic hydroxyl groups is 1. The SMILES string of the molecule is O=C(C=Cc1ccc(O)c([N+](=O)[O-])c1)c1cccc(Br)c1. The summed E-state index contributed by atoms with van der Waals surface area (Å²) in [5.41, 5.74) is 0.573. The number of carbonyl (C=O) groups is 1. The van der Waals surface area contributed by atoms with E-state index in [0.29, 0.717) is 11.1 Å². The maximum atomic E-state index is 12.0. The van der Waals surface area contributed by atoms with Crippen LogP contribution in [0.15, 0.2) is 53.0 Å². The zero-order valence-electron chi connectivity index (χ0n) is 10.7. The molecule has 2 aromatic carbocycles. The highest BCUT2D eigenvalue weighted by molar-refractivity contribution is 9.10. The summed E-state index contributed by atoms with van der Waals surface area (Å²) in [6.07, 6.45) is 2.80. The molecule has 0 fully saturated rings. The van der Waals surface area contributed by atoms with Crippen molar-refractivity contribution in [1.82, 2.24) is 0 Å². The van der Waals surface area contributed by atoms with Crippen molar-refractivity contribution >= 4 is 33.5 Å². The summed E-state index contributed by atoms with van der Waals surface area (Å²) >= 11 is 3.28. The van der Waals surface area contributed by atoms with E-state index in [1.807, 2.05) is 6.07 Å². The van der Waals surface area contributed by atoms with Crippen LogP contribution in [0.4, 0.5) is 5.69 Å². The van der Waals surface area contributed by atoms with Gasteiger partial charge in [-0.2, -0.15) is 0 Å². The van der Waals surface area contributed by atoms with Gasteiger partial charge < -0.3 is 5.11 Å². The van der Waals surface area contributed by atoms with Gasteiger partial charge in [0.05, 0.1) is 4.92 Å². The van der Waals surface area contributed by atoms with Gasteiger partial charge in [0.2, 0.25) is 0 Å². The van der Waals surface area contributed by atoms with E-state index in [1.54, 1.807) is 18.2 Å². The number of nitro benzene ring substituents is 1. The highest BCUT2D eigenvalue weighted by atomic mass is 79.9. The van der Waals surface area contributed by atoms with Crippen molar-refractivity contribution in [2.45, 2.75) is 0 Å². The lowest BCUT2D eigenvalue weighted by Gasteiger charge is -1.98. The Labute approximate surface area is 128 Å². The maximum Gasteiger partial charge on any atom is 0.311 e. The minimum Gasteiger partial charge on any atom is -0.502 e. The van der Waals surface area contributed by atoms with Gasteiger partial charge in [-0.15, -0.1) is 0 Å². The summed E-state index contributed by atoms with van der Waals surface area (Å²) in [7, 11) is 0. The standard InChI is InChI=1S/C15H10BrNO4/c16-12-3-1-2-11(9-12)14(18)6-4-10-5-7-15(19)13(8-10)17(20)21/h1-9,19H. The zero-order chi connectivity index (χ0) is 15.4. The van der Waals surface area contributed by atoms with Crippen LogP contribution in [0.25, 0.3) is 6.08 Å². The molecule has 6 heteroatoms. The molecule has 0 spiro atoms. The number of allylic oxidation sites excluding steroid dienone is 1. The van der Waals surface area contributed by atoms with E-state index in [1.165, 1.54) is 30.4 Å². The van der Waals surface area contributed by atoms with Crippen LogP contribution in [0.1, 0.15) is 15.9 Å². The lowest BCUT2D eigenvalue weighted by Crippen LogP contribution is -1.93. The van der Waals surface area contributed by atoms with Crippen LogP contribution in [0, 0.1) is 10.1 Å². The van der Waals surface area contributed by atoms with Crippen LogP contribution in [-0.4, -0.2) is 15.8 Å². The van der Waals surface area contributed by atoms with Crippen LogP contribution < -0.4 is 0 Å². The van der Waals surface area contributed by atoms with E-state index in [2.05, 4.69) is 15.9 Å². The van der Waals surface area contributed by atoms with Gasteiger partial charge in [0.25, 0.3) is 0 Å². The molecule has 0 aliphatic carbocycles. The van der Waals surface area contributed by atoms with Crippen molar-refractivity contribution in [2.75, 3.05) is 0 Å². The third kappa shape index (κ3) is 3.76. The van der Waals surface area contributed by atoms with Crippen molar-refractivity contribution in [3.63, 3.8) is 0 Å². The highest BCUT2D eigenvalue weighted by Crippen LogP contribution is 2.26. The number of nitrogens with zero attached hydrogens (tertiary/aromatic N) is 1. The average Bonchev–Trinajstić information content (AvgIpc) is 2.45. The van der Waals surface area contributed by atoms with Crippen molar-refractivity contribution in [3.8, 4) is 5.75 Å². The fourth-order valence-electron chi connectivity index (χ4n) is 1.70. The number of hydrogen-bond donors (Lipinski definition) is 1. The van der Waals surface area contributed by atoms with E-state index in [4.69, 9.17) is 0 Å². The van der Waals surface area contributed by atoms with Crippen molar-refractivity contribution in [3.05, 3.63) is 74.3 Å². The molecule has 0 atom stereocenters. The summed E-state index contributed by atoms with van der Waals surface area (Å²) in [4.78, 5) is 22.0. The Kier molecular flexibility index (Phi) is 4.49. The van der Waals surface area contributed by atoms with Crippen molar-refractivity contribution in [2.24, 2.45) is 0 Å². The smallest absolute Gasteiger partial charge is 0.311 e. The van der Waals surface area contributed by atoms with E-state index < -0.39 is 16.4 Å². The Morgan fingerprint density at radius 2 is 2.00 bits per heavy atom. The van der Waals surface area contributed by atoms with Crippen LogP contribution >= 0.6 is 15.9 Å². The number of carbonyl (C=O) groups excluding carboxylic acids is 1. The summed E-state index contributed by atoms with van der Waals surface area (Å²) in [5, 5.41) is 20.1. The average molecular weight is 348 g/mol. The third-order valence-electron chi connectivity index (χ3n) is 2.73. The Morgan fingerprint density at radius 1 is 1.24 bits per heavy atom. The molecule has 0 radical (unpaired) electrons. The molecule has 0 heterocycles. The number of benzene rings is 2. The fourth-order valence-corrected chi connectivity index (χ4v) is 2.10. The van der Waals surface area contributed by atoms with Gasteiger partial charge in [-0.25, -0.2) is 0 Å². The minimum atomic E-state index is -0.678. The molecule has 5 nitrogen and oxygen atoms in total. The molecule has 2 rings (SSSR count). The topological polar surface area (TPSA) is 80.4 Å². The largest absolute Gasteiger partial charge is 0.502 e. The van der Waals surface area contributed by atoms with Crippen LogP contribution in [0.3, 0.4) is 0 Å². The predicted molar refractivity (Wildman–Crippen MR) is 82.3 cm³/mol. The first-order valence-electron chi connectivity index (χ1n) is 5.93. The molecule has 1 N–H and O–H groups in total. The second-order valence-corrected chi connectivity index (χ2v) is 5.13. The lowest BCUT2D eigenvalue weighted by atomic mass is 10.1. The number of phenols is 1. The molecular weight excluding hydrogens is 338 g/mol. The Bertz CT molecular complexity index is 740. The fraction of sp³-hybridized carbons (Fsp3) is 0. The Morgan fingerprint density at radius 3 is 2.67 bits per heavy atom. The van der Waals surface area contributed by atoms with E-state index >= 15 is 0 Å². The number of nitro groups is 1. The zero-order valence-corrected chi connectivity index (χ0v) is 12.3. The van der Waals surface area contributed by atoms with Crippen LogP contribution in [0.2, 0.25) is 0 Å². The summed E-state index contributed by atoms with van der Waals surface area (Å²) < 4.78 is 0.794. The molecule has 0 unspecified atom stereocenters. The number of ketones is 1. The number of halogens is 1. The lowest BCUT2D eigenvalue weighted by molar-refractivity contribution is -0.385. The monoisotopic (exact) mass is 347 g/mol. The van der Waals surface area contributed by atoms with Crippen LogP contribution in [0.5, 0.6) is 5.75 Å². The molecule has 2 aromatic rings. The minimum absolute atomic E-state index is 0.216. The van der Waals surface area contributed by atoms with Crippen molar-refractivity contribution in [1.29, 1.82) is 0 Å². The molecule has 0 saturated carbocycles. The van der Waals surface area contributed by atoms with Crippen molar-refractivity contribution < 1.29 is 14.8 Å². The van der Waals surface area contributed by atoms with E-state index in [-0.39, 0.29) is 5.78 Å². The molecular formula is C15H10BrNO4. The van der Waals surface area contributed by atoms with Gasteiger partial charge in [-0.1, -0.05) is 40.2 Å². The van der Waals surface area contributed by atoms with E-state index in [0.717, 1.165) is 4.47 Å². The summed E-state index contributed by atoms with van der Waals surface area (Å²) in [5.74, 6) is -0.623. The molecule has 0 saturated heterocycles. The molecule has 0 amide bonds. The Hall–Kier alpha value is -2.47. The summed E-state index contributed by atoms with van der Waals surface area (Å²) in [6.45, 7) is 0. The third-order valence-corrected chi connectivity index (χ3v) is 3.23. The first kappa shape index (κ1) is 14.9. The molecule has 0 bridgehead atoms. The number of phenolic OH excluding ortho intramolecular Hbond substituents is 1. The van der Waals surface area contributed by atoms with Gasteiger partial charge >= 0.3 is 5.69 Å². The highest BCUT2D eigenvalue weighted by Gasteiger charge is 2.12. The van der Waals surface area contributed by atoms with Crippen LogP contribution in [-0.2, 0) is 0 Å². The van der Waals surface area contributed by atoms with Gasteiger partial charge in [0.1, 0.15) is 0 Å². The quantitative estimate of drug-likeness (QED) is 0.393. The maximum absolute atomic E-state index is 12.0. The van der Waals surface area contributed by atoms with Gasteiger partial charge in [0.15, 0.2) is 11.5 Å². The molecule has 0 aliphatic rings. The number of hydrogen-bond acceptors (Lipinski definition) is 4. The second-order valence-electron chi connectivity index (χ2n) is 4.21. The van der Waals surface area contributed by atoms with E-state index in [9.17, 15) is 20.0 Å².